The van der Waals surface area contributed by atoms with E-state index in [4.69, 9.17) is 5.11 Å². The maximum absolute atomic E-state index is 12.6. The lowest BCUT2D eigenvalue weighted by atomic mass is 10.0. The number of aromatic nitrogens is 2. The molecule has 1 aliphatic heterocycles. The predicted octanol–water partition coefficient (Wildman–Crippen LogP) is 1.95. The van der Waals surface area contributed by atoms with Crippen molar-refractivity contribution in [3.05, 3.63) is 59.7 Å². The van der Waals surface area contributed by atoms with E-state index in [2.05, 4.69) is 14.9 Å². The highest BCUT2D eigenvalue weighted by Crippen LogP contribution is 2.18. The monoisotopic (exact) mass is 368 g/mol. The third-order valence-corrected chi connectivity index (χ3v) is 5.12. The molecule has 0 bridgehead atoms. The predicted molar refractivity (Wildman–Crippen MR) is 101 cm³/mol. The van der Waals surface area contributed by atoms with Crippen molar-refractivity contribution >= 4 is 11.9 Å². The van der Waals surface area contributed by atoms with Gasteiger partial charge in [0.05, 0.1) is 5.56 Å². The van der Waals surface area contributed by atoms with Gasteiger partial charge in [-0.15, -0.1) is 0 Å². The summed E-state index contributed by atoms with van der Waals surface area (Å²) >= 11 is 0. The van der Waals surface area contributed by atoms with Gasteiger partial charge in [-0.1, -0.05) is 0 Å². The molecule has 7 nitrogen and oxygen atoms in total. The van der Waals surface area contributed by atoms with E-state index in [0.717, 1.165) is 38.9 Å². The first-order valence-electron chi connectivity index (χ1n) is 9.12. The fourth-order valence-electron chi connectivity index (χ4n) is 3.38. The molecule has 0 saturated carbocycles. The van der Waals surface area contributed by atoms with Gasteiger partial charge >= 0.3 is 5.97 Å². The van der Waals surface area contributed by atoms with Gasteiger partial charge in [-0.05, 0) is 49.1 Å². The Morgan fingerprint density at radius 3 is 2.48 bits per heavy atom. The number of amides is 1. The summed E-state index contributed by atoms with van der Waals surface area (Å²) in [6, 6.07) is 7.17. The third kappa shape index (κ3) is 4.89. The van der Waals surface area contributed by atoms with Crippen LogP contribution in [0.2, 0.25) is 0 Å². The first-order chi connectivity index (χ1) is 13.0. The Bertz CT molecular complexity index is 772. The summed E-state index contributed by atoms with van der Waals surface area (Å²) in [5.41, 5.74) is 1.65. The van der Waals surface area contributed by atoms with Crippen molar-refractivity contribution in [1.82, 2.24) is 19.8 Å². The van der Waals surface area contributed by atoms with Crippen LogP contribution in [0.4, 0.5) is 0 Å². The average molecular weight is 368 g/mol. The second-order valence-corrected chi connectivity index (χ2v) is 6.83. The minimum Gasteiger partial charge on any atom is -0.477 e. The highest BCUT2D eigenvalue weighted by molar-refractivity contribution is 5.94. The van der Waals surface area contributed by atoms with Crippen LogP contribution in [0.5, 0.6) is 0 Å². The summed E-state index contributed by atoms with van der Waals surface area (Å²) < 4.78 is 0. The zero-order valence-corrected chi connectivity index (χ0v) is 15.4. The van der Waals surface area contributed by atoms with Crippen molar-refractivity contribution < 1.29 is 14.7 Å². The summed E-state index contributed by atoms with van der Waals surface area (Å²) in [4.78, 5) is 35.6. The summed E-state index contributed by atoms with van der Waals surface area (Å²) in [6.07, 6.45) is 7.84. The minimum absolute atomic E-state index is 0.0586. The zero-order chi connectivity index (χ0) is 19.2. The number of hydrogen-bond donors (Lipinski definition) is 1. The van der Waals surface area contributed by atoms with Crippen LogP contribution in [0.1, 0.15) is 39.3 Å². The van der Waals surface area contributed by atoms with Crippen molar-refractivity contribution in [3.63, 3.8) is 0 Å². The molecule has 0 aliphatic carbocycles. The lowest BCUT2D eigenvalue weighted by molar-refractivity contribution is 0.0639. The average Bonchev–Trinajstić information content (AvgIpc) is 2.72. The number of piperidine rings is 1. The maximum atomic E-state index is 12.6. The Balaban J connectivity index is 1.49. The molecule has 1 aliphatic rings. The van der Waals surface area contributed by atoms with Gasteiger partial charge in [-0.25, -0.2) is 9.78 Å². The van der Waals surface area contributed by atoms with Gasteiger partial charge in [0.25, 0.3) is 5.91 Å². The van der Waals surface area contributed by atoms with E-state index in [1.807, 2.05) is 31.6 Å². The van der Waals surface area contributed by atoms with Crippen LogP contribution in [-0.4, -0.2) is 69.5 Å². The molecule has 1 saturated heterocycles. The lowest BCUT2D eigenvalue weighted by Crippen LogP contribution is -2.46. The largest absolute Gasteiger partial charge is 0.477 e. The molecule has 142 valence electrons. The second-order valence-electron chi connectivity index (χ2n) is 6.83. The first-order valence-corrected chi connectivity index (χ1v) is 9.12. The van der Waals surface area contributed by atoms with Crippen molar-refractivity contribution in [2.24, 2.45) is 0 Å². The standard InChI is InChI=1S/C20H24N4O3/c1-23(19(25)16-2-3-18(20(26)27)22-14-16)17-7-12-24(13-8-17)11-6-15-4-9-21-10-5-15/h2-5,9-10,14,17H,6-8,11-13H2,1H3,(H,26,27). The van der Waals surface area contributed by atoms with Crippen LogP contribution in [0.3, 0.4) is 0 Å². The molecule has 1 N–H and O–H groups in total. The number of nitrogens with zero attached hydrogens (tertiary/aromatic N) is 4. The van der Waals surface area contributed by atoms with Crippen molar-refractivity contribution in [2.45, 2.75) is 25.3 Å². The van der Waals surface area contributed by atoms with Crippen LogP contribution in [0.25, 0.3) is 0 Å². The molecule has 0 spiro atoms. The Kier molecular flexibility index (Phi) is 6.13. The smallest absolute Gasteiger partial charge is 0.354 e. The van der Waals surface area contributed by atoms with Crippen LogP contribution in [0.15, 0.2) is 42.9 Å². The van der Waals surface area contributed by atoms with Gasteiger partial charge in [-0.2, -0.15) is 0 Å². The number of hydrogen-bond acceptors (Lipinski definition) is 5. The van der Waals surface area contributed by atoms with Crippen LogP contribution in [0, 0.1) is 0 Å². The molecule has 2 aromatic rings. The highest BCUT2D eigenvalue weighted by atomic mass is 16.4. The quantitative estimate of drug-likeness (QED) is 0.839. The van der Waals surface area contributed by atoms with Crippen LogP contribution < -0.4 is 0 Å². The second kappa shape index (κ2) is 8.73. The molecule has 1 fully saturated rings. The molecule has 2 aromatic heterocycles. The number of pyridine rings is 2. The summed E-state index contributed by atoms with van der Waals surface area (Å²) in [7, 11) is 1.81. The molecule has 27 heavy (non-hydrogen) atoms. The Labute approximate surface area is 158 Å². The summed E-state index contributed by atoms with van der Waals surface area (Å²) in [5, 5.41) is 8.90. The molecule has 3 heterocycles. The molecule has 3 rings (SSSR count). The summed E-state index contributed by atoms with van der Waals surface area (Å²) in [5.74, 6) is -1.21. The summed E-state index contributed by atoms with van der Waals surface area (Å²) in [6.45, 7) is 2.93. The van der Waals surface area contributed by atoms with Crippen LogP contribution >= 0.6 is 0 Å². The zero-order valence-electron chi connectivity index (χ0n) is 15.4. The SMILES string of the molecule is CN(C(=O)c1ccc(C(=O)O)nc1)C1CCN(CCc2ccncc2)CC1. The topological polar surface area (TPSA) is 86.6 Å². The first kappa shape index (κ1) is 19.0. The number of aromatic carboxylic acids is 1. The van der Waals surface area contributed by atoms with E-state index in [-0.39, 0.29) is 17.6 Å². The normalized spacial score (nSPS) is 15.4. The molecular weight excluding hydrogens is 344 g/mol. The van der Waals surface area contributed by atoms with Gasteiger partial charge in [0.15, 0.2) is 0 Å². The van der Waals surface area contributed by atoms with E-state index >= 15 is 0 Å². The number of carbonyl (C=O) groups is 2. The van der Waals surface area contributed by atoms with E-state index in [1.54, 1.807) is 4.90 Å². The van der Waals surface area contributed by atoms with Crippen molar-refractivity contribution in [3.8, 4) is 0 Å². The Morgan fingerprint density at radius 1 is 1.19 bits per heavy atom. The fraction of sp³-hybridized carbons (Fsp3) is 0.400. The van der Waals surface area contributed by atoms with Gasteiger partial charge < -0.3 is 14.9 Å². The number of rotatable bonds is 6. The molecule has 0 aromatic carbocycles. The maximum Gasteiger partial charge on any atom is 0.354 e. The van der Waals surface area contributed by atoms with Crippen LogP contribution in [-0.2, 0) is 6.42 Å². The number of likely N-dealkylation sites (tertiary alicyclic amines) is 1. The van der Waals surface area contributed by atoms with Gasteiger partial charge in [-0.3, -0.25) is 9.78 Å². The van der Waals surface area contributed by atoms with E-state index < -0.39 is 5.97 Å². The minimum atomic E-state index is -1.10. The van der Waals surface area contributed by atoms with Gasteiger partial charge in [0.1, 0.15) is 5.69 Å². The molecule has 0 atom stereocenters. The van der Waals surface area contributed by atoms with E-state index in [1.165, 1.54) is 23.9 Å². The third-order valence-electron chi connectivity index (χ3n) is 5.12. The Hall–Kier alpha value is -2.80. The molecule has 7 heteroatoms. The molecule has 0 unspecified atom stereocenters. The van der Waals surface area contributed by atoms with Gasteiger partial charge in [0, 0.05) is 51.3 Å². The Morgan fingerprint density at radius 2 is 1.89 bits per heavy atom. The number of carbonyl (C=O) groups excluding carboxylic acids is 1. The van der Waals surface area contributed by atoms with E-state index in [0.29, 0.717) is 5.56 Å². The molecule has 1 amide bonds. The van der Waals surface area contributed by atoms with Crippen molar-refractivity contribution in [2.75, 3.05) is 26.7 Å². The lowest BCUT2D eigenvalue weighted by Gasteiger charge is -2.36. The molecular formula is C20H24N4O3. The van der Waals surface area contributed by atoms with E-state index in [9.17, 15) is 9.59 Å². The number of carboxylic acid groups (broad SMARTS) is 1. The van der Waals surface area contributed by atoms with Gasteiger partial charge in [0.2, 0.25) is 0 Å². The molecule has 0 radical (unpaired) electrons. The highest BCUT2D eigenvalue weighted by Gasteiger charge is 2.26. The number of carboxylic acids is 1. The fourth-order valence-corrected chi connectivity index (χ4v) is 3.38. The van der Waals surface area contributed by atoms with Crippen molar-refractivity contribution in [1.29, 1.82) is 0 Å².